The van der Waals surface area contributed by atoms with Crippen LogP contribution in [0.2, 0.25) is 0 Å². The molecule has 3 N–H and O–H groups in total. The van der Waals surface area contributed by atoms with Crippen molar-refractivity contribution in [1.29, 1.82) is 0 Å². The van der Waals surface area contributed by atoms with E-state index in [1.54, 1.807) is 0 Å². The molecule has 0 aliphatic carbocycles. The lowest BCUT2D eigenvalue weighted by atomic mass is 10.2. The van der Waals surface area contributed by atoms with Crippen LogP contribution in [0.1, 0.15) is 38.4 Å². The summed E-state index contributed by atoms with van der Waals surface area (Å²) in [6.07, 6.45) is 4.75. The molecule has 142 valence electrons. The minimum Gasteiger partial charge on any atom is -0.396 e. The first kappa shape index (κ1) is 23.9. The van der Waals surface area contributed by atoms with Crippen LogP contribution in [-0.4, -0.2) is 41.3 Å². The Labute approximate surface area is 162 Å². The zero-order valence-electron chi connectivity index (χ0n) is 14.9. The van der Waals surface area contributed by atoms with Crippen LogP contribution in [0, 0.1) is 0 Å². The molecule has 0 bridgehead atoms. The van der Waals surface area contributed by atoms with Crippen LogP contribution in [0.25, 0.3) is 10.9 Å². The Hall–Kier alpha value is -1.14. The van der Waals surface area contributed by atoms with Gasteiger partial charge in [0.25, 0.3) is 0 Å². The number of nitrogens with zero attached hydrogens (tertiary/aromatic N) is 3. The quantitative estimate of drug-likeness (QED) is 0.610. The van der Waals surface area contributed by atoms with Gasteiger partial charge in [0.1, 0.15) is 11.6 Å². The summed E-state index contributed by atoms with van der Waals surface area (Å²) in [5, 5.41) is 10.1. The smallest absolute Gasteiger partial charge is 0.140 e. The minimum atomic E-state index is 0. The summed E-state index contributed by atoms with van der Waals surface area (Å²) in [6.45, 7) is 4.88. The van der Waals surface area contributed by atoms with E-state index in [1.807, 2.05) is 18.2 Å². The molecule has 1 aromatic carbocycles. The lowest BCUT2D eigenvalue weighted by Gasteiger charge is -2.25. The summed E-state index contributed by atoms with van der Waals surface area (Å²) >= 11 is 0. The number of aliphatic hydroxyl groups is 1. The fourth-order valence-electron chi connectivity index (χ4n) is 2.68. The molecule has 0 radical (unpaired) electrons. The van der Waals surface area contributed by atoms with Gasteiger partial charge in [-0.15, -0.1) is 24.8 Å². The van der Waals surface area contributed by atoms with Crippen molar-refractivity contribution in [1.82, 2.24) is 9.97 Å². The van der Waals surface area contributed by atoms with Gasteiger partial charge in [-0.25, -0.2) is 9.97 Å². The largest absolute Gasteiger partial charge is 0.396 e. The van der Waals surface area contributed by atoms with Crippen LogP contribution in [0.5, 0.6) is 0 Å². The van der Waals surface area contributed by atoms with E-state index in [4.69, 9.17) is 15.8 Å². The highest BCUT2D eigenvalue weighted by Crippen LogP contribution is 2.24. The third-order valence-corrected chi connectivity index (χ3v) is 3.91. The number of nitrogens with two attached hydrogens (primary N) is 1. The minimum absolute atomic E-state index is 0. The summed E-state index contributed by atoms with van der Waals surface area (Å²) in [5.41, 5.74) is 6.66. The van der Waals surface area contributed by atoms with E-state index in [-0.39, 0.29) is 31.4 Å². The maximum absolute atomic E-state index is 9.05. The molecular weight excluding hydrogens is 359 g/mol. The van der Waals surface area contributed by atoms with E-state index in [0.717, 1.165) is 61.3 Å². The van der Waals surface area contributed by atoms with E-state index in [1.165, 1.54) is 0 Å². The second kappa shape index (κ2) is 13.1. The molecule has 0 spiro atoms. The summed E-state index contributed by atoms with van der Waals surface area (Å²) in [7, 11) is 0. The average molecular weight is 389 g/mol. The number of halogens is 2. The summed E-state index contributed by atoms with van der Waals surface area (Å²) < 4.78 is 0. The maximum atomic E-state index is 9.05. The Kier molecular flexibility index (Phi) is 12.5. The van der Waals surface area contributed by atoms with Crippen molar-refractivity contribution >= 4 is 41.5 Å². The van der Waals surface area contributed by atoms with Gasteiger partial charge in [-0.2, -0.15) is 0 Å². The van der Waals surface area contributed by atoms with Crippen LogP contribution in [0.3, 0.4) is 0 Å². The number of rotatable bonds is 10. The molecule has 2 aromatic rings. The normalized spacial score (nSPS) is 10.2. The van der Waals surface area contributed by atoms with E-state index in [2.05, 4.69) is 22.9 Å². The molecule has 0 amide bonds. The molecule has 2 rings (SSSR count). The molecule has 0 saturated heterocycles. The standard InChI is InChI=1S/C18H28N4O.2ClH/c1-2-3-12-22(13-6-7-14-23)18-15-8-4-5-9-16(15)20-17(21-18)10-11-19;;/h4-5,8-9,23H,2-3,6-7,10-14,19H2,1H3;2*1H. The summed E-state index contributed by atoms with van der Waals surface area (Å²) in [5.74, 6) is 1.82. The molecule has 5 nitrogen and oxygen atoms in total. The van der Waals surface area contributed by atoms with Crippen molar-refractivity contribution in [3.05, 3.63) is 30.1 Å². The van der Waals surface area contributed by atoms with Crippen LogP contribution in [0.4, 0.5) is 5.82 Å². The number of hydrogen-bond donors (Lipinski definition) is 2. The highest BCUT2D eigenvalue weighted by Gasteiger charge is 2.14. The first-order valence-corrected chi connectivity index (χ1v) is 8.61. The molecule has 0 fully saturated rings. The zero-order valence-corrected chi connectivity index (χ0v) is 16.5. The number of para-hydroxylation sites is 1. The molecule has 0 saturated carbocycles. The topological polar surface area (TPSA) is 75.3 Å². The molecule has 0 aliphatic rings. The highest BCUT2D eigenvalue weighted by molar-refractivity contribution is 5.89. The predicted molar refractivity (Wildman–Crippen MR) is 110 cm³/mol. The van der Waals surface area contributed by atoms with Gasteiger partial charge >= 0.3 is 0 Å². The lowest BCUT2D eigenvalue weighted by molar-refractivity contribution is 0.285. The number of anilines is 1. The van der Waals surface area contributed by atoms with Gasteiger partial charge in [-0.1, -0.05) is 25.5 Å². The van der Waals surface area contributed by atoms with Gasteiger partial charge in [-0.3, -0.25) is 0 Å². The van der Waals surface area contributed by atoms with Crippen molar-refractivity contribution in [2.24, 2.45) is 5.73 Å². The van der Waals surface area contributed by atoms with Gasteiger partial charge < -0.3 is 15.7 Å². The fourth-order valence-corrected chi connectivity index (χ4v) is 2.68. The zero-order chi connectivity index (χ0) is 16.5. The number of aliphatic hydroxyl groups excluding tert-OH is 1. The molecular formula is C18H30Cl2N4O. The van der Waals surface area contributed by atoms with Crippen molar-refractivity contribution in [2.45, 2.75) is 39.0 Å². The molecule has 1 heterocycles. The Balaban J connectivity index is 0.00000288. The van der Waals surface area contributed by atoms with Gasteiger partial charge in [0.05, 0.1) is 5.52 Å². The Morgan fingerprint density at radius 3 is 2.44 bits per heavy atom. The van der Waals surface area contributed by atoms with Crippen molar-refractivity contribution in [2.75, 3.05) is 31.1 Å². The molecule has 7 heteroatoms. The third kappa shape index (κ3) is 6.94. The van der Waals surface area contributed by atoms with Crippen molar-refractivity contribution < 1.29 is 5.11 Å². The van der Waals surface area contributed by atoms with Crippen LogP contribution < -0.4 is 10.6 Å². The molecule has 25 heavy (non-hydrogen) atoms. The van der Waals surface area contributed by atoms with Crippen molar-refractivity contribution in [3.63, 3.8) is 0 Å². The Morgan fingerprint density at radius 1 is 1.04 bits per heavy atom. The second-order valence-electron chi connectivity index (χ2n) is 5.79. The summed E-state index contributed by atoms with van der Waals surface area (Å²) in [6, 6.07) is 8.16. The van der Waals surface area contributed by atoms with E-state index in [9.17, 15) is 0 Å². The number of hydrogen-bond acceptors (Lipinski definition) is 5. The number of benzene rings is 1. The van der Waals surface area contributed by atoms with Crippen LogP contribution >= 0.6 is 24.8 Å². The second-order valence-corrected chi connectivity index (χ2v) is 5.79. The van der Waals surface area contributed by atoms with Gasteiger partial charge in [0.2, 0.25) is 0 Å². The molecule has 0 aliphatic heterocycles. The lowest BCUT2D eigenvalue weighted by Crippen LogP contribution is -2.27. The number of fused-ring (bicyclic) bond motifs is 1. The Bertz CT molecular complexity index is 613. The van der Waals surface area contributed by atoms with E-state index < -0.39 is 0 Å². The van der Waals surface area contributed by atoms with E-state index >= 15 is 0 Å². The molecule has 0 atom stereocenters. The van der Waals surface area contributed by atoms with Gasteiger partial charge in [-0.05, 0) is 37.9 Å². The first-order valence-electron chi connectivity index (χ1n) is 8.61. The summed E-state index contributed by atoms with van der Waals surface area (Å²) in [4.78, 5) is 11.8. The first-order chi connectivity index (χ1) is 11.3. The van der Waals surface area contributed by atoms with Crippen molar-refractivity contribution in [3.8, 4) is 0 Å². The number of unbranched alkanes of at least 4 members (excludes halogenated alkanes) is 2. The predicted octanol–water partition coefficient (Wildman–Crippen LogP) is 3.35. The highest BCUT2D eigenvalue weighted by atomic mass is 35.5. The van der Waals surface area contributed by atoms with Crippen LogP contribution in [0.15, 0.2) is 24.3 Å². The van der Waals surface area contributed by atoms with E-state index in [0.29, 0.717) is 13.0 Å². The van der Waals surface area contributed by atoms with Crippen LogP contribution in [-0.2, 0) is 6.42 Å². The number of aromatic nitrogens is 2. The third-order valence-electron chi connectivity index (χ3n) is 3.91. The molecule has 0 unspecified atom stereocenters. The van der Waals surface area contributed by atoms with Gasteiger partial charge in [0.15, 0.2) is 0 Å². The monoisotopic (exact) mass is 388 g/mol. The maximum Gasteiger partial charge on any atom is 0.140 e. The Morgan fingerprint density at radius 2 is 1.76 bits per heavy atom. The SMILES string of the molecule is CCCCN(CCCCO)c1nc(CCN)nc2ccccc12.Cl.Cl. The average Bonchev–Trinajstić information content (AvgIpc) is 2.58. The molecule has 1 aromatic heterocycles. The van der Waals surface area contributed by atoms with Gasteiger partial charge in [0, 0.05) is 31.5 Å². The fraction of sp³-hybridized carbons (Fsp3) is 0.556.